The van der Waals surface area contributed by atoms with Crippen molar-refractivity contribution >= 4 is 23.2 Å². The van der Waals surface area contributed by atoms with Crippen LogP contribution in [0, 0.1) is 5.41 Å². The molecule has 31 heavy (non-hydrogen) atoms. The lowest BCUT2D eigenvalue weighted by atomic mass is 9.73. The van der Waals surface area contributed by atoms with Gasteiger partial charge in [0.1, 0.15) is 0 Å². The van der Waals surface area contributed by atoms with Crippen molar-refractivity contribution in [2.24, 2.45) is 11.1 Å². The standard InChI is InChI=1S/C26H28N2O2S/c1-19(20-9-3-2-4-10-20)24(29)28-15-8-14-26(18-28,25(27)30)17-21-11-5-6-12-22(21)23-13-7-16-31-23/h2-7,9-13,16,19H,8,14-15,17-18H2,1H3,(H2,27,30). The van der Waals surface area contributed by atoms with E-state index in [0.717, 1.165) is 23.1 Å². The number of thiophene rings is 1. The molecule has 0 radical (unpaired) electrons. The number of benzene rings is 2. The zero-order chi connectivity index (χ0) is 21.8. The summed E-state index contributed by atoms with van der Waals surface area (Å²) < 4.78 is 0. The number of nitrogens with zero attached hydrogens (tertiary/aromatic N) is 1. The summed E-state index contributed by atoms with van der Waals surface area (Å²) in [5, 5.41) is 2.06. The number of amides is 2. The fourth-order valence-electron chi connectivity index (χ4n) is 4.62. The molecule has 2 unspecified atom stereocenters. The summed E-state index contributed by atoms with van der Waals surface area (Å²) in [7, 11) is 0. The molecule has 5 heteroatoms. The van der Waals surface area contributed by atoms with Gasteiger partial charge in [-0.3, -0.25) is 9.59 Å². The van der Waals surface area contributed by atoms with E-state index in [4.69, 9.17) is 5.73 Å². The van der Waals surface area contributed by atoms with Crippen molar-refractivity contribution < 1.29 is 9.59 Å². The van der Waals surface area contributed by atoms with Crippen molar-refractivity contribution in [3.05, 3.63) is 83.2 Å². The summed E-state index contributed by atoms with van der Waals surface area (Å²) in [6.45, 7) is 2.97. The molecule has 1 saturated heterocycles. The minimum atomic E-state index is -0.752. The molecular weight excluding hydrogens is 404 g/mol. The van der Waals surface area contributed by atoms with E-state index < -0.39 is 5.41 Å². The van der Waals surface area contributed by atoms with E-state index in [0.29, 0.717) is 25.9 Å². The van der Waals surface area contributed by atoms with Crippen LogP contribution in [-0.2, 0) is 16.0 Å². The van der Waals surface area contributed by atoms with Crippen LogP contribution in [0.1, 0.15) is 36.8 Å². The molecule has 1 aromatic heterocycles. The second-order valence-electron chi connectivity index (χ2n) is 8.45. The van der Waals surface area contributed by atoms with Crippen LogP contribution in [0.4, 0.5) is 0 Å². The van der Waals surface area contributed by atoms with Crippen LogP contribution in [0.15, 0.2) is 72.1 Å². The van der Waals surface area contributed by atoms with Crippen LogP contribution in [0.25, 0.3) is 10.4 Å². The minimum Gasteiger partial charge on any atom is -0.369 e. The molecule has 1 aliphatic heterocycles. The van der Waals surface area contributed by atoms with Gasteiger partial charge in [-0.15, -0.1) is 11.3 Å². The first-order valence-electron chi connectivity index (χ1n) is 10.8. The Morgan fingerprint density at radius 3 is 2.52 bits per heavy atom. The summed E-state index contributed by atoms with van der Waals surface area (Å²) in [6, 6.07) is 22.1. The molecule has 4 rings (SSSR count). The maximum Gasteiger partial charge on any atom is 0.229 e. The first-order chi connectivity index (χ1) is 15.0. The first kappa shape index (κ1) is 21.3. The molecule has 1 fully saturated rings. The molecule has 160 valence electrons. The highest BCUT2D eigenvalue weighted by atomic mass is 32.1. The number of nitrogens with two attached hydrogens (primary N) is 1. The lowest BCUT2D eigenvalue weighted by Gasteiger charge is -2.42. The summed E-state index contributed by atoms with van der Waals surface area (Å²) >= 11 is 1.69. The van der Waals surface area contributed by atoms with Crippen LogP contribution in [-0.4, -0.2) is 29.8 Å². The van der Waals surface area contributed by atoms with E-state index in [-0.39, 0.29) is 17.7 Å². The summed E-state index contributed by atoms with van der Waals surface area (Å²) in [5.41, 5.74) is 8.48. The third-order valence-electron chi connectivity index (χ3n) is 6.41. The molecule has 3 aromatic rings. The number of hydrogen-bond donors (Lipinski definition) is 1. The quantitative estimate of drug-likeness (QED) is 0.605. The molecule has 4 nitrogen and oxygen atoms in total. The Kier molecular flexibility index (Phi) is 6.23. The van der Waals surface area contributed by atoms with Gasteiger partial charge in [0.15, 0.2) is 0 Å². The Morgan fingerprint density at radius 1 is 1.06 bits per heavy atom. The van der Waals surface area contributed by atoms with Crippen LogP contribution in [0.3, 0.4) is 0 Å². The number of carbonyl (C=O) groups is 2. The van der Waals surface area contributed by atoms with Crippen LogP contribution in [0.2, 0.25) is 0 Å². The van der Waals surface area contributed by atoms with Crippen molar-refractivity contribution in [2.45, 2.75) is 32.1 Å². The number of piperidine rings is 1. The zero-order valence-corrected chi connectivity index (χ0v) is 18.6. The average Bonchev–Trinajstić information content (AvgIpc) is 3.34. The largest absolute Gasteiger partial charge is 0.369 e. The highest BCUT2D eigenvalue weighted by molar-refractivity contribution is 7.13. The molecule has 0 saturated carbocycles. The van der Waals surface area contributed by atoms with Crippen molar-refractivity contribution in [1.29, 1.82) is 0 Å². The van der Waals surface area contributed by atoms with Crippen LogP contribution >= 0.6 is 11.3 Å². The number of likely N-dealkylation sites (tertiary alicyclic amines) is 1. The number of hydrogen-bond acceptors (Lipinski definition) is 3. The minimum absolute atomic E-state index is 0.0584. The van der Waals surface area contributed by atoms with Gasteiger partial charge in [-0.25, -0.2) is 0 Å². The molecule has 2 N–H and O–H groups in total. The van der Waals surface area contributed by atoms with E-state index in [1.807, 2.05) is 60.4 Å². The number of rotatable bonds is 6. The third-order valence-corrected chi connectivity index (χ3v) is 7.32. The van der Waals surface area contributed by atoms with E-state index in [9.17, 15) is 9.59 Å². The number of primary amides is 1. The molecule has 2 heterocycles. The van der Waals surface area contributed by atoms with Gasteiger partial charge >= 0.3 is 0 Å². The molecule has 0 aliphatic carbocycles. The second-order valence-corrected chi connectivity index (χ2v) is 9.40. The zero-order valence-electron chi connectivity index (χ0n) is 17.8. The molecule has 2 amide bonds. The van der Waals surface area contributed by atoms with Crippen LogP contribution in [0.5, 0.6) is 0 Å². The summed E-state index contributed by atoms with van der Waals surface area (Å²) in [4.78, 5) is 29.1. The van der Waals surface area contributed by atoms with Gasteiger partial charge in [0, 0.05) is 18.0 Å². The number of carbonyl (C=O) groups excluding carboxylic acids is 2. The van der Waals surface area contributed by atoms with Gasteiger partial charge in [0.2, 0.25) is 11.8 Å². The van der Waals surface area contributed by atoms with E-state index >= 15 is 0 Å². The lowest BCUT2D eigenvalue weighted by Crippen LogP contribution is -2.54. The summed E-state index contributed by atoms with van der Waals surface area (Å²) in [5.74, 6) is -0.510. The first-order valence-corrected chi connectivity index (χ1v) is 11.6. The van der Waals surface area contributed by atoms with Gasteiger partial charge in [-0.2, -0.15) is 0 Å². The SMILES string of the molecule is CC(C(=O)N1CCCC(Cc2ccccc2-c2cccs2)(C(N)=O)C1)c1ccccc1. The molecule has 2 atom stereocenters. The average molecular weight is 433 g/mol. The maximum absolute atomic E-state index is 13.3. The van der Waals surface area contributed by atoms with E-state index in [1.165, 1.54) is 4.88 Å². The predicted molar refractivity (Wildman–Crippen MR) is 126 cm³/mol. The molecule has 0 spiro atoms. The Labute approximate surface area is 187 Å². The predicted octanol–water partition coefficient (Wildman–Crippen LogP) is 4.86. The monoisotopic (exact) mass is 432 g/mol. The lowest BCUT2D eigenvalue weighted by molar-refractivity contribution is -0.140. The van der Waals surface area contributed by atoms with Gasteiger partial charge in [0.25, 0.3) is 0 Å². The van der Waals surface area contributed by atoms with Crippen molar-refractivity contribution in [1.82, 2.24) is 4.90 Å². The van der Waals surface area contributed by atoms with E-state index in [2.05, 4.69) is 23.6 Å². The van der Waals surface area contributed by atoms with E-state index in [1.54, 1.807) is 11.3 Å². The van der Waals surface area contributed by atoms with Crippen molar-refractivity contribution in [3.63, 3.8) is 0 Å². The Morgan fingerprint density at radius 2 is 1.81 bits per heavy atom. The molecule has 0 bridgehead atoms. The smallest absolute Gasteiger partial charge is 0.229 e. The second kappa shape index (κ2) is 9.06. The summed E-state index contributed by atoms with van der Waals surface area (Å²) in [6.07, 6.45) is 2.02. The van der Waals surface area contributed by atoms with Gasteiger partial charge in [-0.1, -0.05) is 60.7 Å². The van der Waals surface area contributed by atoms with Crippen molar-refractivity contribution in [2.75, 3.05) is 13.1 Å². The highest BCUT2D eigenvalue weighted by Gasteiger charge is 2.43. The van der Waals surface area contributed by atoms with Crippen molar-refractivity contribution in [3.8, 4) is 10.4 Å². The third kappa shape index (κ3) is 4.42. The Bertz CT molecular complexity index is 1050. The highest BCUT2D eigenvalue weighted by Crippen LogP contribution is 2.38. The Balaban J connectivity index is 1.60. The normalized spacial score (nSPS) is 19.7. The Hall–Kier alpha value is -2.92. The maximum atomic E-state index is 13.3. The van der Waals surface area contributed by atoms with Crippen LogP contribution < -0.4 is 5.73 Å². The molecule has 1 aliphatic rings. The fourth-order valence-corrected chi connectivity index (χ4v) is 5.41. The van der Waals surface area contributed by atoms with Gasteiger partial charge in [0.05, 0.1) is 11.3 Å². The molecule has 2 aromatic carbocycles. The fraction of sp³-hybridized carbons (Fsp3) is 0.308. The molecular formula is C26H28N2O2S. The van der Waals surface area contributed by atoms with Gasteiger partial charge in [-0.05, 0) is 54.3 Å². The topological polar surface area (TPSA) is 63.4 Å². The van der Waals surface area contributed by atoms with Gasteiger partial charge < -0.3 is 10.6 Å².